The summed E-state index contributed by atoms with van der Waals surface area (Å²) < 4.78 is 41.2. The van der Waals surface area contributed by atoms with Gasteiger partial charge in [0.1, 0.15) is 5.60 Å². The van der Waals surface area contributed by atoms with Crippen LogP contribution in [0.15, 0.2) is 18.2 Å². The normalized spacial score (nSPS) is 22.1. The van der Waals surface area contributed by atoms with Crippen molar-refractivity contribution in [1.29, 1.82) is 0 Å². The molecule has 0 unspecified atom stereocenters. The third-order valence-corrected chi connectivity index (χ3v) is 5.08. The van der Waals surface area contributed by atoms with Crippen LogP contribution < -0.4 is 9.47 Å². The predicted molar refractivity (Wildman–Crippen MR) is 102 cm³/mol. The first-order valence-electron chi connectivity index (χ1n) is 9.98. The molecule has 1 saturated carbocycles. The highest BCUT2D eigenvalue weighted by Crippen LogP contribution is 2.39. The number of amides is 1. The molecule has 2 aliphatic rings. The molecule has 1 N–H and O–H groups in total. The van der Waals surface area contributed by atoms with Gasteiger partial charge in [0.25, 0.3) is 0 Å². The van der Waals surface area contributed by atoms with E-state index in [1.165, 1.54) is 11.0 Å². The minimum atomic E-state index is -2.93. The molecule has 2 atom stereocenters. The quantitative estimate of drug-likeness (QED) is 0.727. The van der Waals surface area contributed by atoms with Crippen molar-refractivity contribution in [1.82, 2.24) is 4.90 Å². The summed E-state index contributed by atoms with van der Waals surface area (Å²) in [5.41, 5.74) is 0.217. The number of alkyl halides is 2. The third-order valence-electron chi connectivity index (χ3n) is 5.08. The van der Waals surface area contributed by atoms with E-state index in [2.05, 4.69) is 4.74 Å². The number of benzene rings is 1. The number of hydrogen-bond donors (Lipinski definition) is 1. The van der Waals surface area contributed by atoms with E-state index in [1.807, 2.05) is 0 Å². The number of hydrogen-bond acceptors (Lipinski definition) is 5. The van der Waals surface area contributed by atoms with E-state index in [0.717, 1.165) is 18.4 Å². The van der Waals surface area contributed by atoms with Gasteiger partial charge in [-0.2, -0.15) is 8.78 Å². The van der Waals surface area contributed by atoms with Gasteiger partial charge in [0.15, 0.2) is 11.5 Å². The second-order valence-corrected chi connectivity index (χ2v) is 8.74. The summed E-state index contributed by atoms with van der Waals surface area (Å²) in [5.74, 6) is 0.686. The van der Waals surface area contributed by atoms with Gasteiger partial charge in [-0.05, 0) is 63.6 Å². The van der Waals surface area contributed by atoms with Gasteiger partial charge in [-0.3, -0.25) is 0 Å². The molecule has 29 heavy (non-hydrogen) atoms. The molecule has 2 fully saturated rings. The Balaban J connectivity index is 1.76. The van der Waals surface area contributed by atoms with Crippen LogP contribution in [0.1, 0.15) is 51.5 Å². The van der Waals surface area contributed by atoms with Crippen molar-refractivity contribution < 1.29 is 32.9 Å². The number of aliphatic hydroxyl groups is 1. The Morgan fingerprint density at radius 1 is 1.28 bits per heavy atom. The van der Waals surface area contributed by atoms with Crippen molar-refractivity contribution in [2.45, 2.75) is 64.2 Å². The van der Waals surface area contributed by atoms with Gasteiger partial charge in [0.05, 0.1) is 19.3 Å². The van der Waals surface area contributed by atoms with Crippen LogP contribution in [0.4, 0.5) is 13.6 Å². The predicted octanol–water partition coefficient (Wildman–Crippen LogP) is 4.16. The van der Waals surface area contributed by atoms with Crippen molar-refractivity contribution in [2.75, 3.05) is 19.8 Å². The van der Waals surface area contributed by atoms with Gasteiger partial charge < -0.3 is 24.2 Å². The van der Waals surface area contributed by atoms with Gasteiger partial charge in [0, 0.05) is 12.5 Å². The average molecular weight is 413 g/mol. The lowest BCUT2D eigenvalue weighted by Crippen LogP contribution is -2.41. The highest BCUT2D eigenvalue weighted by Gasteiger charge is 2.38. The lowest BCUT2D eigenvalue weighted by Gasteiger charge is -2.27. The first kappa shape index (κ1) is 21.6. The molecule has 1 aromatic rings. The topological polar surface area (TPSA) is 68.2 Å². The molecule has 1 amide bonds. The third kappa shape index (κ3) is 5.95. The van der Waals surface area contributed by atoms with Gasteiger partial charge in [-0.1, -0.05) is 6.07 Å². The van der Waals surface area contributed by atoms with Gasteiger partial charge in [-0.15, -0.1) is 0 Å². The minimum absolute atomic E-state index is 0.00473. The molecular weight excluding hydrogens is 384 g/mol. The Labute approximate surface area is 169 Å². The van der Waals surface area contributed by atoms with Crippen molar-refractivity contribution in [2.24, 2.45) is 5.92 Å². The zero-order valence-electron chi connectivity index (χ0n) is 17.1. The maximum absolute atomic E-state index is 12.7. The van der Waals surface area contributed by atoms with Crippen molar-refractivity contribution in [3.63, 3.8) is 0 Å². The van der Waals surface area contributed by atoms with Gasteiger partial charge in [0.2, 0.25) is 0 Å². The minimum Gasteiger partial charge on any atom is -0.489 e. The average Bonchev–Trinajstić information content (AvgIpc) is 3.35. The number of carbonyl (C=O) groups excluding carboxylic acids is 1. The number of carbonyl (C=O) groups is 1. The van der Waals surface area contributed by atoms with E-state index in [-0.39, 0.29) is 30.1 Å². The molecule has 1 aliphatic heterocycles. The van der Waals surface area contributed by atoms with E-state index in [1.54, 1.807) is 32.9 Å². The summed E-state index contributed by atoms with van der Waals surface area (Å²) >= 11 is 0. The van der Waals surface area contributed by atoms with Crippen LogP contribution in [0.5, 0.6) is 11.5 Å². The maximum Gasteiger partial charge on any atom is 0.410 e. The maximum atomic E-state index is 12.7. The summed E-state index contributed by atoms with van der Waals surface area (Å²) in [7, 11) is 0. The van der Waals surface area contributed by atoms with Crippen molar-refractivity contribution >= 4 is 6.09 Å². The molecule has 6 nitrogen and oxygen atoms in total. The molecule has 1 saturated heterocycles. The molecule has 8 heteroatoms. The van der Waals surface area contributed by atoms with E-state index >= 15 is 0 Å². The van der Waals surface area contributed by atoms with Crippen LogP contribution in [0.25, 0.3) is 0 Å². The smallest absolute Gasteiger partial charge is 0.410 e. The molecule has 1 aliphatic carbocycles. The number of nitrogens with zero attached hydrogens (tertiary/aromatic N) is 1. The summed E-state index contributed by atoms with van der Waals surface area (Å²) in [6.07, 6.45) is 2.24. The first-order chi connectivity index (χ1) is 13.7. The summed E-state index contributed by atoms with van der Waals surface area (Å²) in [6.45, 7) is 3.10. The second kappa shape index (κ2) is 8.73. The summed E-state index contributed by atoms with van der Waals surface area (Å²) in [4.78, 5) is 14.0. The Hall–Kier alpha value is -2.09. The molecule has 1 heterocycles. The Morgan fingerprint density at radius 3 is 2.59 bits per heavy atom. The van der Waals surface area contributed by atoms with Crippen molar-refractivity contribution in [3.8, 4) is 11.5 Å². The van der Waals surface area contributed by atoms with Crippen LogP contribution in [-0.4, -0.2) is 54.1 Å². The lowest BCUT2D eigenvalue weighted by atomic mass is 9.96. The van der Waals surface area contributed by atoms with Gasteiger partial charge in [-0.25, -0.2) is 4.79 Å². The van der Waals surface area contributed by atoms with Crippen LogP contribution >= 0.6 is 0 Å². The van der Waals surface area contributed by atoms with Crippen LogP contribution in [-0.2, 0) is 4.74 Å². The zero-order chi connectivity index (χ0) is 21.2. The Kier molecular flexibility index (Phi) is 6.51. The molecule has 162 valence electrons. The molecule has 0 aromatic heterocycles. The Morgan fingerprint density at radius 2 is 2.00 bits per heavy atom. The highest BCUT2D eigenvalue weighted by atomic mass is 19.3. The number of ether oxygens (including phenoxy) is 3. The zero-order valence-corrected chi connectivity index (χ0v) is 17.1. The number of aliphatic hydroxyl groups excluding tert-OH is 1. The fourth-order valence-corrected chi connectivity index (χ4v) is 3.45. The monoisotopic (exact) mass is 413 g/mol. The number of likely N-dealkylation sites (tertiary alicyclic amines) is 1. The van der Waals surface area contributed by atoms with E-state index < -0.39 is 18.3 Å². The molecule has 3 rings (SSSR count). The molecular formula is C21H29F2NO5. The number of rotatable bonds is 7. The Bertz CT molecular complexity index is 718. The van der Waals surface area contributed by atoms with Crippen molar-refractivity contribution in [3.05, 3.63) is 23.8 Å². The largest absolute Gasteiger partial charge is 0.489 e. The molecule has 0 radical (unpaired) electrons. The number of halogens is 2. The van der Waals surface area contributed by atoms with E-state index in [9.17, 15) is 18.7 Å². The molecule has 1 aromatic carbocycles. The second-order valence-electron chi connectivity index (χ2n) is 8.74. The SMILES string of the molecule is CC(C)(C)OC(=O)N1C[C@H](c2ccc(OC(F)F)c(OCC3CC3)c2)C[C@H]1CO. The van der Waals surface area contributed by atoms with Crippen LogP contribution in [0.2, 0.25) is 0 Å². The molecule has 0 spiro atoms. The van der Waals surface area contributed by atoms with Gasteiger partial charge >= 0.3 is 12.7 Å². The van der Waals surface area contributed by atoms with Crippen LogP contribution in [0.3, 0.4) is 0 Å². The van der Waals surface area contributed by atoms with Crippen LogP contribution in [0, 0.1) is 5.92 Å². The van der Waals surface area contributed by atoms with E-state index in [0.29, 0.717) is 25.5 Å². The van der Waals surface area contributed by atoms with E-state index in [4.69, 9.17) is 9.47 Å². The summed E-state index contributed by atoms with van der Waals surface area (Å²) in [5, 5.41) is 9.72. The fraction of sp³-hybridized carbons (Fsp3) is 0.667. The standard InChI is InChI=1S/C21H29F2NO5/c1-21(2,3)29-20(26)24-10-15(8-16(24)11-25)14-6-7-17(28-19(22)23)18(9-14)27-12-13-4-5-13/h6-7,9,13,15-16,19,25H,4-5,8,10-12H2,1-3H3/t15-,16+/m1/s1. The molecule has 0 bridgehead atoms. The first-order valence-corrected chi connectivity index (χ1v) is 9.98. The fourth-order valence-electron chi connectivity index (χ4n) is 3.45. The highest BCUT2D eigenvalue weighted by molar-refractivity contribution is 5.69. The summed E-state index contributed by atoms with van der Waals surface area (Å²) in [6, 6.07) is 4.54. The lowest BCUT2D eigenvalue weighted by molar-refractivity contribution is -0.0515.